The molecule has 1 amide bonds. The highest BCUT2D eigenvalue weighted by atomic mass is 16.5. The summed E-state index contributed by atoms with van der Waals surface area (Å²) in [5, 5.41) is 10.9. The number of hydrogen-bond acceptors (Lipinski definition) is 4. The first-order valence-electron chi connectivity index (χ1n) is 8.42. The average Bonchev–Trinajstić information content (AvgIpc) is 2.56. The number of carbonyl (C=O) groups is 1. The number of ether oxygens (including phenoxy) is 1. The minimum absolute atomic E-state index is 0.121. The first kappa shape index (κ1) is 16.4. The third-order valence-electron chi connectivity index (χ3n) is 5.04. The van der Waals surface area contributed by atoms with E-state index >= 15 is 0 Å². The Labute approximate surface area is 137 Å². The van der Waals surface area contributed by atoms with E-state index in [2.05, 4.69) is 17.0 Å². The molecule has 2 aliphatic heterocycles. The number of rotatable bonds is 3. The molecule has 5 nitrogen and oxygen atoms in total. The molecule has 2 saturated heterocycles. The highest BCUT2D eigenvalue weighted by Crippen LogP contribution is 2.30. The fraction of sp³-hybridized carbons (Fsp3) is 0.611. The Bertz CT molecular complexity index is 528. The number of β-amino-alcohol motifs (C(OH)–C–C–N with tert-alkyl or cyclic N) is 1. The van der Waals surface area contributed by atoms with Crippen molar-refractivity contribution in [3.05, 3.63) is 35.9 Å². The zero-order valence-electron chi connectivity index (χ0n) is 13.8. The standard InChI is InChI=1S/C18H26N2O3/c1-15(21)19-9-10-20(14-18(22)7-11-23-12-8-18)17(13-19)16-5-3-2-4-6-16/h2-6,17,22H,7-14H2,1H3/t17-/m1/s1. The van der Waals surface area contributed by atoms with E-state index in [1.165, 1.54) is 5.56 Å². The molecular weight excluding hydrogens is 292 g/mol. The van der Waals surface area contributed by atoms with E-state index < -0.39 is 5.60 Å². The lowest BCUT2D eigenvalue weighted by molar-refractivity contribution is -0.134. The second-order valence-corrected chi connectivity index (χ2v) is 6.70. The number of hydrogen-bond donors (Lipinski definition) is 1. The highest BCUT2D eigenvalue weighted by molar-refractivity contribution is 5.73. The largest absolute Gasteiger partial charge is 0.388 e. The van der Waals surface area contributed by atoms with Gasteiger partial charge in [-0.25, -0.2) is 0 Å². The molecule has 1 aromatic carbocycles. The minimum Gasteiger partial charge on any atom is -0.388 e. The number of aliphatic hydroxyl groups is 1. The van der Waals surface area contributed by atoms with Crippen molar-refractivity contribution in [3.8, 4) is 0 Å². The van der Waals surface area contributed by atoms with Crippen LogP contribution in [0.4, 0.5) is 0 Å². The van der Waals surface area contributed by atoms with E-state index in [4.69, 9.17) is 4.74 Å². The molecule has 0 unspecified atom stereocenters. The number of nitrogens with zero attached hydrogens (tertiary/aromatic N) is 2. The highest BCUT2D eigenvalue weighted by Gasteiger charge is 2.37. The molecule has 0 spiro atoms. The molecule has 1 N–H and O–H groups in total. The Kier molecular flexibility index (Phi) is 4.99. The summed E-state index contributed by atoms with van der Waals surface area (Å²) in [4.78, 5) is 16.0. The van der Waals surface area contributed by atoms with Gasteiger partial charge in [-0.2, -0.15) is 0 Å². The van der Waals surface area contributed by atoms with E-state index in [0.29, 0.717) is 39.1 Å². The summed E-state index contributed by atoms with van der Waals surface area (Å²) in [5.74, 6) is 0.121. The molecule has 0 aromatic heterocycles. The van der Waals surface area contributed by atoms with Gasteiger partial charge < -0.3 is 14.7 Å². The summed E-state index contributed by atoms with van der Waals surface area (Å²) < 4.78 is 5.38. The van der Waals surface area contributed by atoms with Gasteiger partial charge in [-0.3, -0.25) is 9.69 Å². The summed E-state index contributed by atoms with van der Waals surface area (Å²) in [5.41, 5.74) is 0.526. The van der Waals surface area contributed by atoms with E-state index in [9.17, 15) is 9.90 Å². The van der Waals surface area contributed by atoms with Gasteiger partial charge in [0, 0.05) is 59.2 Å². The molecule has 2 heterocycles. The molecule has 2 aliphatic rings. The van der Waals surface area contributed by atoms with Gasteiger partial charge in [0.2, 0.25) is 5.91 Å². The Hall–Kier alpha value is -1.43. The third kappa shape index (κ3) is 3.91. The fourth-order valence-electron chi connectivity index (χ4n) is 3.57. The van der Waals surface area contributed by atoms with Crippen LogP contribution in [0.15, 0.2) is 30.3 Å². The lowest BCUT2D eigenvalue weighted by atomic mass is 9.91. The number of carbonyl (C=O) groups excluding carboxylic acids is 1. The molecule has 0 radical (unpaired) electrons. The SMILES string of the molecule is CC(=O)N1CCN(CC2(O)CCOCC2)[C@@H](c2ccccc2)C1. The molecule has 3 rings (SSSR count). The molecule has 2 fully saturated rings. The quantitative estimate of drug-likeness (QED) is 0.916. The van der Waals surface area contributed by atoms with Crippen LogP contribution in [0.25, 0.3) is 0 Å². The maximum Gasteiger partial charge on any atom is 0.219 e. The van der Waals surface area contributed by atoms with Gasteiger partial charge in [-0.1, -0.05) is 30.3 Å². The molecule has 0 aliphatic carbocycles. The van der Waals surface area contributed by atoms with Crippen LogP contribution in [0.2, 0.25) is 0 Å². The van der Waals surface area contributed by atoms with Crippen molar-refractivity contribution in [3.63, 3.8) is 0 Å². The molecular formula is C18H26N2O3. The second-order valence-electron chi connectivity index (χ2n) is 6.70. The molecule has 0 bridgehead atoms. The zero-order chi connectivity index (χ0) is 16.3. The lowest BCUT2D eigenvalue weighted by Gasteiger charge is -2.45. The summed E-state index contributed by atoms with van der Waals surface area (Å²) in [6.07, 6.45) is 1.36. The van der Waals surface area contributed by atoms with E-state index in [0.717, 1.165) is 13.1 Å². The van der Waals surface area contributed by atoms with Crippen LogP contribution in [0.3, 0.4) is 0 Å². The summed E-state index contributed by atoms with van der Waals surface area (Å²) >= 11 is 0. The molecule has 126 valence electrons. The van der Waals surface area contributed by atoms with Crippen LogP contribution >= 0.6 is 0 Å². The minimum atomic E-state index is -0.677. The topological polar surface area (TPSA) is 53.0 Å². The predicted octanol–water partition coefficient (Wildman–Crippen LogP) is 1.43. The maximum atomic E-state index is 11.8. The Morgan fingerprint density at radius 3 is 2.61 bits per heavy atom. The van der Waals surface area contributed by atoms with Gasteiger partial charge in [-0.15, -0.1) is 0 Å². The second kappa shape index (κ2) is 6.99. The van der Waals surface area contributed by atoms with Crippen molar-refractivity contribution in [1.82, 2.24) is 9.80 Å². The zero-order valence-corrected chi connectivity index (χ0v) is 13.8. The van der Waals surface area contributed by atoms with Crippen LogP contribution in [-0.4, -0.2) is 65.8 Å². The Balaban J connectivity index is 1.78. The van der Waals surface area contributed by atoms with Crippen molar-refractivity contribution >= 4 is 5.91 Å². The first-order chi connectivity index (χ1) is 11.1. The number of benzene rings is 1. The van der Waals surface area contributed by atoms with Crippen molar-refractivity contribution in [1.29, 1.82) is 0 Å². The van der Waals surface area contributed by atoms with Gasteiger partial charge in [-0.05, 0) is 5.56 Å². The molecule has 1 atom stereocenters. The number of amides is 1. The van der Waals surface area contributed by atoms with Crippen LogP contribution in [0.1, 0.15) is 31.4 Å². The smallest absolute Gasteiger partial charge is 0.219 e. The van der Waals surface area contributed by atoms with Crippen molar-refractivity contribution in [2.75, 3.05) is 39.4 Å². The van der Waals surface area contributed by atoms with Crippen LogP contribution in [0, 0.1) is 0 Å². The third-order valence-corrected chi connectivity index (χ3v) is 5.04. The number of piperazine rings is 1. The van der Waals surface area contributed by atoms with E-state index in [1.54, 1.807) is 6.92 Å². The van der Waals surface area contributed by atoms with E-state index in [1.807, 2.05) is 23.1 Å². The van der Waals surface area contributed by atoms with Crippen LogP contribution < -0.4 is 0 Å². The van der Waals surface area contributed by atoms with Gasteiger partial charge in [0.05, 0.1) is 11.6 Å². The Morgan fingerprint density at radius 1 is 1.26 bits per heavy atom. The van der Waals surface area contributed by atoms with Gasteiger partial charge in [0.25, 0.3) is 0 Å². The van der Waals surface area contributed by atoms with Crippen LogP contribution in [-0.2, 0) is 9.53 Å². The predicted molar refractivity (Wildman–Crippen MR) is 88.0 cm³/mol. The van der Waals surface area contributed by atoms with Crippen molar-refractivity contribution < 1.29 is 14.6 Å². The molecule has 5 heteroatoms. The maximum absolute atomic E-state index is 11.8. The van der Waals surface area contributed by atoms with Crippen LogP contribution in [0.5, 0.6) is 0 Å². The Morgan fingerprint density at radius 2 is 1.96 bits per heavy atom. The molecule has 1 aromatic rings. The first-order valence-corrected chi connectivity index (χ1v) is 8.42. The average molecular weight is 318 g/mol. The van der Waals surface area contributed by atoms with Crippen molar-refractivity contribution in [2.24, 2.45) is 0 Å². The van der Waals surface area contributed by atoms with Crippen molar-refractivity contribution in [2.45, 2.75) is 31.4 Å². The normalized spacial score (nSPS) is 25.3. The molecule has 0 saturated carbocycles. The molecule has 23 heavy (non-hydrogen) atoms. The lowest BCUT2D eigenvalue weighted by Crippen LogP contribution is -2.55. The van der Waals surface area contributed by atoms with Gasteiger partial charge >= 0.3 is 0 Å². The van der Waals surface area contributed by atoms with E-state index in [-0.39, 0.29) is 11.9 Å². The van der Waals surface area contributed by atoms with Gasteiger partial charge in [0.1, 0.15) is 0 Å². The summed E-state index contributed by atoms with van der Waals surface area (Å²) in [6, 6.07) is 10.4. The summed E-state index contributed by atoms with van der Waals surface area (Å²) in [7, 11) is 0. The van der Waals surface area contributed by atoms with Gasteiger partial charge in [0.15, 0.2) is 0 Å². The monoisotopic (exact) mass is 318 g/mol. The fourth-order valence-corrected chi connectivity index (χ4v) is 3.57. The summed E-state index contributed by atoms with van der Waals surface area (Å²) in [6.45, 7) is 5.73.